The van der Waals surface area contributed by atoms with Crippen molar-refractivity contribution in [3.05, 3.63) is 53.1 Å². The number of carbonyl (C=O) groups excluding carboxylic acids is 1. The Labute approximate surface area is 155 Å². The van der Waals surface area contributed by atoms with E-state index in [2.05, 4.69) is 5.32 Å². The minimum absolute atomic E-state index is 0.296. The van der Waals surface area contributed by atoms with Crippen molar-refractivity contribution in [2.24, 2.45) is 0 Å². The number of carbonyl (C=O) groups is 1. The normalized spacial score (nSPS) is 11.1. The maximum atomic E-state index is 11.6. The molecule has 0 saturated heterocycles. The summed E-state index contributed by atoms with van der Waals surface area (Å²) in [5, 5.41) is 12.6. The predicted molar refractivity (Wildman–Crippen MR) is 102 cm³/mol. The largest absolute Gasteiger partial charge is 0.507 e. The van der Waals surface area contributed by atoms with Crippen molar-refractivity contribution in [2.45, 2.75) is 46.6 Å². The molecule has 2 aromatic carbocycles. The Morgan fingerprint density at radius 2 is 1.62 bits per heavy atom. The quantitative estimate of drug-likeness (QED) is 0.801. The van der Waals surface area contributed by atoms with Crippen LogP contribution in [0.2, 0.25) is 0 Å². The van der Waals surface area contributed by atoms with Crippen molar-refractivity contribution in [3.63, 3.8) is 0 Å². The smallest absolute Gasteiger partial charge is 0.407 e. The van der Waals surface area contributed by atoms with E-state index in [0.29, 0.717) is 24.5 Å². The maximum absolute atomic E-state index is 11.6. The van der Waals surface area contributed by atoms with Crippen LogP contribution in [0.1, 0.15) is 37.5 Å². The lowest BCUT2D eigenvalue weighted by Gasteiger charge is -2.19. The van der Waals surface area contributed by atoms with Crippen LogP contribution in [-0.4, -0.2) is 23.3 Å². The summed E-state index contributed by atoms with van der Waals surface area (Å²) in [7, 11) is 0. The Morgan fingerprint density at radius 1 is 1.04 bits per heavy atom. The first-order valence-electron chi connectivity index (χ1n) is 8.68. The van der Waals surface area contributed by atoms with Gasteiger partial charge in [-0.2, -0.15) is 0 Å². The average molecular weight is 357 g/mol. The van der Waals surface area contributed by atoms with E-state index < -0.39 is 11.7 Å². The molecule has 140 valence electrons. The number of hydrogen-bond donors (Lipinski definition) is 2. The summed E-state index contributed by atoms with van der Waals surface area (Å²) in [5.41, 5.74) is 2.16. The van der Waals surface area contributed by atoms with Crippen LogP contribution in [0.15, 0.2) is 36.4 Å². The molecule has 0 aliphatic rings. The number of hydrogen-bond acceptors (Lipinski definition) is 4. The van der Waals surface area contributed by atoms with E-state index in [1.54, 1.807) is 12.1 Å². The Kier molecular flexibility index (Phi) is 6.14. The molecule has 0 aliphatic carbocycles. The molecule has 0 fully saturated rings. The number of aromatic hydroxyl groups is 1. The van der Waals surface area contributed by atoms with Crippen LogP contribution in [0.25, 0.3) is 0 Å². The number of phenolic OH excluding ortho intramolecular Hbond substituents is 1. The SMILES string of the molecule is Cc1cc(Oc2ccc(CCNC(=O)OC(C)(C)C)cc2)cc(C)c1O. The fourth-order valence-electron chi connectivity index (χ4n) is 2.46. The number of nitrogens with one attached hydrogen (secondary N) is 1. The van der Waals surface area contributed by atoms with Gasteiger partial charge in [-0.25, -0.2) is 4.79 Å². The van der Waals surface area contributed by atoms with Crippen molar-refractivity contribution in [1.82, 2.24) is 5.32 Å². The minimum atomic E-state index is -0.492. The van der Waals surface area contributed by atoms with Crippen molar-refractivity contribution in [3.8, 4) is 17.2 Å². The third-order valence-corrected chi connectivity index (χ3v) is 3.71. The number of rotatable bonds is 5. The Balaban J connectivity index is 1.87. The van der Waals surface area contributed by atoms with Crippen molar-refractivity contribution < 1.29 is 19.4 Å². The van der Waals surface area contributed by atoms with Gasteiger partial charge in [0.2, 0.25) is 0 Å². The van der Waals surface area contributed by atoms with E-state index in [1.165, 1.54) is 0 Å². The first-order valence-corrected chi connectivity index (χ1v) is 8.68. The summed E-state index contributed by atoms with van der Waals surface area (Å²) in [6.45, 7) is 9.70. The highest BCUT2D eigenvalue weighted by atomic mass is 16.6. The molecule has 5 nitrogen and oxygen atoms in total. The average Bonchev–Trinajstić information content (AvgIpc) is 2.52. The zero-order chi connectivity index (χ0) is 19.3. The second-order valence-corrected chi connectivity index (χ2v) is 7.33. The summed E-state index contributed by atoms with van der Waals surface area (Å²) in [4.78, 5) is 11.6. The highest BCUT2D eigenvalue weighted by Crippen LogP contribution is 2.30. The molecule has 5 heteroatoms. The van der Waals surface area contributed by atoms with E-state index in [9.17, 15) is 9.90 Å². The number of alkyl carbamates (subject to hydrolysis) is 1. The van der Waals surface area contributed by atoms with E-state index in [4.69, 9.17) is 9.47 Å². The molecule has 0 aliphatic heterocycles. The van der Waals surface area contributed by atoms with Crippen LogP contribution in [0, 0.1) is 13.8 Å². The molecule has 0 radical (unpaired) electrons. The van der Waals surface area contributed by atoms with Crippen molar-refractivity contribution >= 4 is 6.09 Å². The Hall–Kier alpha value is -2.69. The van der Waals surface area contributed by atoms with E-state index in [-0.39, 0.29) is 0 Å². The van der Waals surface area contributed by atoms with Crippen molar-refractivity contribution in [1.29, 1.82) is 0 Å². The topological polar surface area (TPSA) is 67.8 Å². The van der Waals surface area contributed by atoms with Gasteiger partial charge in [-0.05, 0) is 82.0 Å². The van der Waals surface area contributed by atoms with E-state index in [0.717, 1.165) is 22.4 Å². The Morgan fingerprint density at radius 3 is 2.15 bits per heavy atom. The summed E-state index contributed by atoms with van der Waals surface area (Å²) in [6.07, 6.45) is 0.298. The zero-order valence-electron chi connectivity index (χ0n) is 16.1. The highest BCUT2D eigenvalue weighted by molar-refractivity contribution is 5.67. The van der Waals surface area contributed by atoms with Crippen LogP contribution in [0.3, 0.4) is 0 Å². The first-order chi connectivity index (χ1) is 12.1. The highest BCUT2D eigenvalue weighted by Gasteiger charge is 2.15. The molecule has 0 unspecified atom stereocenters. The third kappa shape index (κ3) is 5.99. The third-order valence-electron chi connectivity index (χ3n) is 3.71. The van der Waals surface area contributed by atoms with Gasteiger partial charge in [0.1, 0.15) is 22.8 Å². The number of benzene rings is 2. The lowest BCUT2D eigenvalue weighted by Crippen LogP contribution is -2.33. The fourth-order valence-corrected chi connectivity index (χ4v) is 2.46. The number of phenols is 1. The first kappa shape index (κ1) is 19.6. The predicted octanol–water partition coefficient (Wildman–Crippen LogP) is 4.87. The van der Waals surface area contributed by atoms with Crippen molar-refractivity contribution in [2.75, 3.05) is 6.54 Å². The molecule has 0 atom stereocenters. The van der Waals surface area contributed by atoms with Crippen LogP contribution in [0.4, 0.5) is 4.79 Å². The molecule has 2 aromatic rings. The summed E-state index contributed by atoms with van der Waals surface area (Å²) < 4.78 is 11.0. The maximum Gasteiger partial charge on any atom is 0.407 e. The summed E-state index contributed by atoms with van der Waals surface area (Å²) in [5.74, 6) is 1.71. The molecule has 0 bridgehead atoms. The van der Waals surface area contributed by atoms with Crippen LogP contribution >= 0.6 is 0 Å². The fraction of sp³-hybridized carbons (Fsp3) is 0.381. The molecular weight excluding hydrogens is 330 g/mol. The van der Waals surface area contributed by atoms with Crippen LogP contribution in [-0.2, 0) is 11.2 Å². The van der Waals surface area contributed by atoms with Gasteiger partial charge in [-0.1, -0.05) is 12.1 Å². The number of amides is 1. The zero-order valence-corrected chi connectivity index (χ0v) is 16.1. The van der Waals surface area contributed by atoms with Gasteiger partial charge < -0.3 is 19.9 Å². The monoisotopic (exact) mass is 357 g/mol. The number of ether oxygens (including phenoxy) is 2. The Bertz CT molecular complexity index is 738. The minimum Gasteiger partial charge on any atom is -0.507 e. The second-order valence-electron chi connectivity index (χ2n) is 7.33. The van der Waals surface area contributed by atoms with Gasteiger partial charge in [0.25, 0.3) is 0 Å². The van der Waals surface area contributed by atoms with E-state index in [1.807, 2.05) is 58.9 Å². The summed E-state index contributed by atoms with van der Waals surface area (Å²) >= 11 is 0. The molecule has 0 saturated carbocycles. The van der Waals surface area contributed by atoms with Gasteiger partial charge in [0.05, 0.1) is 0 Å². The van der Waals surface area contributed by atoms with E-state index >= 15 is 0 Å². The lowest BCUT2D eigenvalue weighted by molar-refractivity contribution is 0.0528. The van der Waals surface area contributed by atoms with Gasteiger partial charge >= 0.3 is 6.09 Å². The molecular formula is C21H27NO4. The lowest BCUT2D eigenvalue weighted by atomic mass is 10.1. The second kappa shape index (κ2) is 8.13. The van der Waals surface area contributed by atoms with Crippen LogP contribution in [0.5, 0.6) is 17.2 Å². The molecule has 1 amide bonds. The summed E-state index contributed by atoms with van der Waals surface area (Å²) in [6, 6.07) is 11.3. The standard InChI is InChI=1S/C21H27NO4/c1-14-12-18(13-15(2)19(14)23)25-17-8-6-16(7-9-17)10-11-22-20(24)26-21(3,4)5/h6-9,12-13,23H,10-11H2,1-5H3,(H,22,24). The van der Waals surface area contributed by atoms with Gasteiger partial charge in [0, 0.05) is 6.54 Å². The van der Waals surface area contributed by atoms with Gasteiger partial charge in [-0.15, -0.1) is 0 Å². The molecule has 0 aromatic heterocycles. The molecule has 2 N–H and O–H groups in total. The molecule has 0 spiro atoms. The molecule has 0 heterocycles. The van der Waals surface area contributed by atoms with Gasteiger partial charge in [-0.3, -0.25) is 0 Å². The van der Waals surface area contributed by atoms with Gasteiger partial charge in [0.15, 0.2) is 0 Å². The van der Waals surface area contributed by atoms with Crippen LogP contribution < -0.4 is 10.1 Å². The number of aryl methyl sites for hydroxylation is 2. The molecule has 26 heavy (non-hydrogen) atoms. The molecule has 2 rings (SSSR count).